The predicted molar refractivity (Wildman–Crippen MR) is 88.0 cm³/mol. The summed E-state index contributed by atoms with van der Waals surface area (Å²) >= 11 is 0. The van der Waals surface area contributed by atoms with Crippen molar-refractivity contribution in [3.05, 3.63) is 48.8 Å². The summed E-state index contributed by atoms with van der Waals surface area (Å²) in [4.78, 5) is 2.13. The van der Waals surface area contributed by atoms with Gasteiger partial charge >= 0.3 is 0 Å². The second-order valence-corrected chi connectivity index (χ2v) is 5.87. The Morgan fingerprint density at radius 3 is 2.50 bits per heavy atom. The number of nitrogens with two attached hydrogens (primary N) is 1. The summed E-state index contributed by atoms with van der Waals surface area (Å²) in [5.74, 6) is 1.35. The van der Waals surface area contributed by atoms with Crippen molar-refractivity contribution in [3.63, 3.8) is 0 Å². The first-order valence-electron chi connectivity index (χ1n) is 7.71. The molecule has 0 spiro atoms. The van der Waals surface area contributed by atoms with Crippen LogP contribution >= 0.6 is 0 Å². The first-order chi connectivity index (χ1) is 11.1. The Morgan fingerprint density at radius 1 is 1.38 bits per heavy atom. The quantitative estimate of drug-likeness (QED) is 0.461. The number of aryl methyl sites for hydroxylation is 1. The summed E-state index contributed by atoms with van der Waals surface area (Å²) in [7, 11) is 6.01. The third kappa shape index (κ3) is 4.09. The van der Waals surface area contributed by atoms with E-state index in [1.807, 2.05) is 17.8 Å². The largest absolute Gasteiger partial charge is 0.459 e. The van der Waals surface area contributed by atoms with Crippen LogP contribution in [0.3, 0.4) is 0 Å². The zero-order valence-electron chi connectivity index (χ0n) is 14.2. The molecule has 1 aliphatic rings. The van der Waals surface area contributed by atoms with Crippen LogP contribution in [0.4, 0.5) is 0 Å². The molecular weight excluding hydrogens is 476 g/mol. The Labute approximate surface area is 157 Å². The molecule has 0 radical (unpaired) electrons. The van der Waals surface area contributed by atoms with Gasteiger partial charge in [0.25, 0.3) is 0 Å². The fourth-order valence-corrected chi connectivity index (χ4v) is 3.45. The van der Waals surface area contributed by atoms with E-state index in [-0.39, 0.29) is 33.2 Å². The van der Waals surface area contributed by atoms with Crippen molar-refractivity contribution in [2.75, 3.05) is 19.8 Å². The van der Waals surface area contributed by atoms with Crippen molar-refractivity contribution in [2.24, 2.45) is 18.7 Å². The molecule has 1 aromatic carbocycles. The Bertz CT molecular complexity index is 608. The van der Waals surface area contributed by atoms with Crippen molar-refractivity contribution in [3.8, 4) is 0 Å². The fourth-order valence-electron chi connectivity index (χ4n) is 3.45. The van der Waals surface area contributed by atoms with E-state index in [0.717, 1.165) is 25.3 Å². The van der Waals surface area contributed by atoms with Crippen molar-refractivity contribution >= 4 is 0 Å². The summed E-state index contributed by atoms with van der Waals surface area (Å²) in [6.07, 6.45) is 0.982. The van der Waals surface area contributed by atoms with Crippen LogP contribution in [0.5, 0.6) is 0 Å². The maximum Gasteiger partial charge on any atom is 0.161 e. The van der Waals surface area contributed by atoms with E-state index in [4.69, 9.17) is 5.11 Å². The van der Waals surface area contributed by atoms with E-state index in [1.54, 1.807) is 0 Å². The van der Waals surface area contributed by atoms with Crippen molar-refractivity contribution in [1.29, 1.82) is 0 Å². The number of hydrogen-bond acceptors (Lipinski definition) is 6. The molecule has 2 heterocycles. The summed E-state index contributed by atoms with van der Waals surface area (Å²) in [5.41, 5.74) is 5.56. The van der Waals surface area contributed by atoms with E-state index in [9.17, 15) is 0 Å². The Kier molecular flexibility index (Phi) is 8.16. The second-order valence-electron chi connectivity index (χ2n) is 5.87. The topological polar surface area (TPSA) is 93.1 Å². The van der Waals surface area contributed by atoms with E-state index in [1.165, 1.54) is 5.56 Å². The molecule has 0 saturated carbocycles. The molecule has 2 aromatic rings. The number of hydrogen-bond donors (Lipinski definition) is 2. The summed E-state index contributed by atoms with van der Waals surface area (Å²) in [5, 5.41) is 19.6. The second kappa shape index (κ2) is 9.37. The van der Waals surface area contributed by atoms with Crippen LogP contribution in [0.2, 0.25) is 0 Å². The third-order valence-corrected chi connectivity index (χ3v) is 4.50. The van der Waals surface area contributed by atoms with Crippen LogP contribution in [0.1, 0.15) is 24.7 Å². The molecule has 0 bridgehead atoms. The molecule has 3 rings (SSSR count). The minimum Gasteiger partial charge on any atom is -0.459 e. The molecule has 0 aliphatic carbocycles. The van der Waals surface area contributed by atoms with Gasteiger partial charge in [0.05, 0.1) is 12.1 Å². The number of likely N-dealkylation sites (tertiary alicyclic amines) is 1. The maximum absolute atomic E-state index is 7.35. The van der Waals surface area contributed by atoms with Gasteiger partial charge in [-0.1, -0.05) is 37.3 Å². The Hall–Kier alpha value is -1.14. The van der Waals surface area contributed by atoms with Crippen LogP contribution in [-0.4, -0.2) is 50.0 Å². The van der Waals surface area contributed by atoms with Gasteiger partial charge in [0.15, 0.2) is 5.82 Å². The number of benzene rings is 1. The molecule has 7 nitrogen and oxygen atoms in total. The standard InChI is InChI=1S/C15H20N5.CH5NO.W/c1-12-11-19(2)10-9-15(12,13-7-5-4-6-8-13)14-16-17-18-20(14)3;2-1-3;/h4-8,12H,2,9-11H2,1,3H3;3H,1-2H2;/q-1;;. The summed E-state index contributed by atoms with van der Waals surface area (Å²) in [6.45, 7) is 3.91. The fraction of sp³-hybridized carbons (Fsp3) is 0.500. The van der Waals surface area contributed by atoms with Gasteiger partial charge in [0.2, 0.25) is 0 Å². The molecule has 132 valence electrons. The number of tetrazole rings is 1. The zero-order chi connectivity index (χ0) is 16.9. The van der Waals surface area contributed by atoms with Crippen LogP contribution in [0, 0.1) is 13.0 Å². The van der Waals surface area contributed by atoms with E-state index in [2.05, 4.69) is 64.4 Å². The minimum absolute atomic E-state index is 0. The summed E-state index contributed by atoms with van der Waals surface area (Å²) in [6, 6.07) is 10.6. The van der Waals surface area contributed by atoms with Gasteiger partial charge in [0, 0.05) is 28.1 Å². The third-order valence-electron chi connectivity index (χ3n) is 4.50. The summed E-state index contributed by atoms with van der Waals surface area (Å²) < 4.78 is 1.81. The normalized spacial score (nSPS) is 23.8. The average molecular weight is 501 g/mol. The molecule has 24 heavy (non-hydrogen) atoms. The minimum atomic E-state index is -0.250. The smallest absolute Gasteiger partial charge is 0.161 e. The van der Waals surface area contributed by atoms with Gasteiger partial charge in [-0.15, -0.1) is 5.10 Å². The number of piperidine rings is 1. The average Bonchev–Trinajstić information content (AvgIpc) is 2.96. The maximum atomic E-state index is 7.35. The predicted octanol–water partition coefficient (Wildman–Crippen LogP) is 0.522. The van der Waals surface area contributed by atoms with Crippen LogP contribution < -0.4 is 5.73 Å². The SMILES string of the molecule is NCO.[CH2-]N1CCC(c2ccccc2)(c2nnnn2C)C(C)C1.[W]. The molecule has 1 fully saturated rings. The number of aliphatic hydroxyl groups is 1. The Morgan fingerprint density at radius 2 is 2.00 bits per heavy atom. The Balaban J connectivity index is 0.000000671. The van der Waals surface area contributed by atoms with Crippen molar-refractivity contribution < 1.29 is 26.2 Å². The van der Waals surface area contributed by atoms with Crippen molar-refractivity contribution in [1.82, 2.24) is 25.1 Å². The van der Waals surface area contributed by atoms with Crippen LogP contribution in [0.15, 0.2) is 30.3 Å². The van der Waals surface area contributed by atoms with E-state index in [0.29, 0.717) is 5.92 Å². The van der Waals surface area contributed by atoms with Gasteiger partial charge in [-0.05, 0) is 41.4 Å². The monoisotopic (exact) mass is 501 g/mol. The van der Waals surface area contributed by atoms with E-state index < -0.39 is 0 Å². The zero-order valence-corrected chi connectivity index (χ0v) is 17.1. The van der Waals surface area contributed by atoms with Gasteiger partial charge in [-0.25, -0.2) is 4.68 Å². The number of nitrogens with zero attached hydrogens (tertiary/aromatic N) is 5. The van der Waals surface area contributed by atoms with Gasteiger partial charge in [-0.2, -0.15) is 0 Å². The molecule has 0 amide bonds. The number of aliphatic hydroxyl groups excluding tert-OH is 1. The first kappa shape index (κ1) is 20.9. The molecule has 2 atom stereocenters. The molecular formula is C16H25N6OW-. The van der Waals surface area contributed by atoms with Gasteiger partial charge in [-0.3, -0.25) is 7.05 Å². The molecule has 3 N–H and O–H groups in total. The van der Waals surface area contributed by atoms with Crippen LogP contribution in [-0.2, 0) is 33.5 Å². The first-order valence-corrected chi connectivity index (χ1v) is 7.71. The number of aromatic nitrogens is 4. The molecule has 1 aromatic heterocycles. The number of rotatable bonds is 2. The molecule has 1 saturated heterocycles. The molecule has 2 unspecified atom stereocenters. The van der Waals surface area contributed by atoms with Gasteiger partial charge < -0.3 is 15.7 Å². The molecule has 8 heteroatoms. The molecule has 1 aliphatic heterocycles. The van der Waals surface area contributed by atoms with Gasteiger partial charge in [0.1, 0.15) is 0 Å². The van der Waals surface area contributed by atoms with Crippen LogP contribution in [0.25, 0.3) is 0 Å². The van der Waals surface area contributed by atoms with Crippen molar-refractivity contribution in [2.45, 2.75) is 18.8 Å². The van der Waals surface area contributed by atoms with E-state index >= 15 is 0 Å².